The van der Waals surface area contributed by atoms with Crippen LogP contribution in [-0.4, -0.2) is 90.4 Å². The molecule has 90 valence electrons. The third-order valence-corrected chi connectivity index (χ3v) is 0.871. The van der Waals surface area contributed by atoms with Crippen LogP contribution in [0.25, 0.3) is 0 Å². The molecule has 0 atom stereocenters. The summed E-state index contributed by atoms with van der Waals surface area (Å²) >= 11 is 0. The predicted molar refractivity (Wildman–Crippen MR) is 59.9 cm³/mol. The SMILES string of the molecule is C[N+](C)(C)CCO.Cl.OCCO.[Cl-].[MgH2]. The molecule has 7 heteroatoms. The molecule has 0 aromatic heterocycles. The monoisotopic (exact) mass is 263 g/mol. The first-order valence-electron chi connectivity index (χ1n) is 3.61. The Kier molecular flexibility index (Phi) is 41.5. The van der Waals surface area contributed by atoms with E-state index >= 15 is 0 Å². The molecule has 4 nitrogen and oxygen atoms in total. The zero-order chi connectivity index (χ0) is 9.33. The molecule has 0 aliphatic rings. The van der Waals surface area contributed by atoms with Gasteiger partial charge in [0.05, 0.1) is 41.0 Å². The lowest BCUT2D eigenvalue weighted by Crippen LogP contribution is -3.00. The van der Waals surface area contributed by atoms with Crippen molar-refractivity contribution in [2.24, 2.45) is 0 Å². The van der Waals surface area contributed by atoms with Gasteiger partial charge in [0.2, 0.25) is 0 Å². The Hall–Kier alpha value is 1.19. The topological polar surface area (TPSA) is 60.7 Å². The minimum atomic E-state index is -0.125. The van der Waals surface area contributed by atoms with Crippen molar-refractivity contribution < 1.29 is 32.2 Å². The molecule has 0 amide bonds. The van der Waals surface area contributed by atoms with Gasteiger partial charge in [0, 0.05) is 0 Å². The lowest BCUT2D eigenvalue weighted by molar-refractivity contribution is -0.870. The fourth-order valence-corrected chi connectivity index (χ4v) is 0.300. The van der Waals surface area contributed by atoms with Gasteiger partial charge in [-0.3, -0.25) is 0 Å². The molecule has 14 heavy (non-hydrogen) atoms. The zero-order valence-electron chi connectivity index (χ0n) is 8.40. The average molecular weight is 264 g/mol. The highest BCUT2D eigenvalue weighted by atomic mass is 35.5. The molecule has 0 saturated heterocycles. The molecule has 0 rings (SSSR count). The molecule has 0 aromatic rings. The lowest BCUT2D eigenvalue weighted by atomic mass is 10.5. The van der Waals surface area contributed by atoms with Crippen molar-refractivity contribution in [1.82, 2.24) is 0 Å². The Morgan fingerprint density at radius 3 is 1.14 bits per heavy atom. The molecule has 0 saturated carbocycles. The fourth-order valence-electron chi connectivity index (χ4n) is 0.300. The van der Waals surface area contributed by atoms with Crippen LogP contribution in [0.3, 0.4) is 0 Å². The summed E-state index contributed by atoms with van der Waals surface area (Å²) in [6, 6.07) is 0. The Bertz CT molecular complexity index is 81.8. The van der Waals surface area contributed by atoms with Crippen molar-refractivity contribution in [1.29, 1.82) is 0 Å². The third-order valence-electron chi connectivity index (χ3n) is 0.871. The number of aliphatic hydroxyl groups excluding tert-OH is 3. The van der Waals surface area contributed by atoms with Crippen LogP contribution in [0.5, 0.6) is 0 Å². The van der Waals surface area contributed by atoms with E-state index < -0.39 is 0 Å². The second-order valence-corrected chi connectivity index (χ2v) is 3.18. The van der Waals surface area contributed by atoms with Crippen molar-refractivity contribution in [2.75, 3.05) is 47.5 Å². The number of likely N-dealkylation sites (N-methyl/N-ethyl adjacent to an activating group) is 1. The van der Waals surface area contributed by atoms with Crippen LogP contribution in [0.2, 0.25) is 0 Å². The van der Waals surface area contributed by atoms with E-state index in [0.717, 1.165) is 11.0 Å². The van der Waals surface area contributed by atoms with Crippen LogP contribution >= 0.6 is 12.4 Å². The lowest BCUT2D eigenvalue weighted by Gasteiger charge is -2.21. The van der Waals surface area contributed by atoms with Crippen LogP contribution < -0.4 is 12.4 Å². The molecular weight excluding hydrogens is 241 g/mol. The molecular formula is C7H23Cl2MgNO3. The van der Waals surface area contributed by atoms with E-state index in [9.17, 15) is 0 Å². The fraction of sp³-hybridized carbons (Fsp3) is 1.00. The van der Waals surface area contributed by atoms with Gasteiger partial charge in [-0.1, -0.05) is 0 Å². The summed E-state index contributed by atoms with van der Waals surface area (Å²) in [4.78, 5) is 0. The minimum Gasteiger partial charge on any atom is -1.00 e. The van der Waals surface area contributed by atoms with Gasteiger partial charge in [-0.25, -0.2) is 0 Å². The van der Waals surface area contributed by atoms with Gasteiger partial charge in [-0.15, -0.1) is 12.4 Å². The van der Waals surface area contributed by atoms with E-state index in [1.165, 1.54) is 0 Å². The highest BCUT2D eigenvalue weighted by Crippen LogP contribution is 1.84. The first kappa shape index (κ1) is 29.5. The normalized spacial score (nSPS) is 8.14. The van der Waals surface area contributed by atoms with Gasteiger partial charge in [0.25, 0.3) is 0 Å². The Morgan fingerprint density at radius 1 is 0.857 bits per heavy atom. The van der Waals surface area contributed by atoms with Crippen molar-refractivity contribution in [3.63, 3.8) is 0 Å². The van der Waals surface area contributed by atoms with Crippen LogP contribution in [0.1, 0.15) is 0 Å². The quantitative estimate of drug-likeness (QED) is 0.354. The predicted octanol–water partition coefficient (Wildman–Crippen LogP) is -4.83. The molecule has 0 spiro atoms. The van der Waals surface area contributed by atoms with Crippen molar-refractivity contribution in [2.45, 2.75) is 0 Å². The number of nitrogens with zero attached hydrogens (tertiary/aromatic N) is 1. The molecule has 0 bridgehead atoms. The third kappa shape index (κ3) is 51.2. The maximum absolute atomic E-state index is 8.39. The summed E-state index contributed by atoms with van der Waals surface area (Å²) in [5, 5.41) is 23.6. The van der Waals surface area contributed by atoms with Crippen LogP contribution in [0.15, 0.2) is 0 Å². The highest BCUT2D eigenvalue weighted by molar-refractivity contribution is 5.85. The molecule has 0 aromatic carbocycles. The van der Waals surface area contributed by atoms with Crippen LogP contribution in [-0.2, 0) is 0 Å². The van der Waals surface area contributed by atoms with Gasteiger partial charge in [0.1, 0.15) is 6.54 Å². The second kappa shape index (κ2) is 19.7. The van der Waals surface area contributed by atoms with Crippen LogP contribution in [0, 0.1) is 0 Å². The highest BCUT2D eigenvalue weighted by Gasteiger charge is 2.02. The summed E-state index contributed by atoms with van der Waals surface area (Å²) in [5.74, 6) is 0. The molecule has 0 fully saturated rings. The van der Waals surface area contributed by atoms with E-state index in [-0.39, 0.29) is 67.7 Å². The van der Waals surface area contributed by atoms with Crippen LogP contribution in [0.4, 0.5) is 0 Å². The van der Waals surface area contributed by atoms with E-state index in [1.807, 2.05) is 0 Å². The minimum absolute atomic E-state index is 0. The van der Waals surface area contributed by atoms with Gasteiger partial charge < -0.3 is 32.2 Å². The van der Waals surface area contributed by atoms with Gasteiger partial charge in [-0.2, -0.15) is 0 Å². The average Bonchev–Trinajstić information content (AvgIpc) is 1.86. The van der Waals surface area contributed by atoms with Crippen molar-refractivity contribution >= 4 is 35.5 Å². The number of hydrogen-bond acceptors (Lipinski definition) is 3. The van der Waals surface area contributed by atoms with Crippen molar-refractivity contribution in [3.05, 3.63) is 0 Å². The summed E-state index contributed by atoms with van der Waals surface area (Å²) in [6.45, 7) is 0.865. The Labute approximate surface area is 115 Å². The van der Waals surface area contributed by atoms with E-state index in [0.29, 0.717) is 0 Å². The molecule has 3 N–H and O–H groups in total. The number of hydrogen-bond donors (Lipinski definition) is 3. The Balaban J connectivity index is -0.0000000347. The second-order valence-electron chi connectivity index (χ2n) is 3.18. The maximum Gasteiger partial charge on any atom is 0.316 e. The Morgan fingerprint density at radius 2 is 1.14 bits per heavy atom. The zero-order valence-corrected chi connectivity index (χ0v) is 9.98. The van der Waals surface area contributed by atoms with Gasteiger partial charge in [-0.05, 0) is 0 Å². The van der Waals surface area contributed by atoms with Crippen molar-refractivity contribution in [3.8, 4) is 0 Å². The summed E-state index contributed by atoms with van der Waals surface area (Å²) in [7, 11) is 6.16. The standard InChI is InChI=1S/C5H14NO.C2H6O2.2ClH.Mg.2H/c1-6(2,3)4-5-7;3-1-2-4;;;;;/h7H,4-5H2,1-3H3;3-4H,1-2H2;2*1H;;;/q+1;;;;;;/p-1. The molecule has 0 aliphatic heterocycles. The van der Waals surface area contributed by atoms with E-state index in [1.54, 1.807) is 0 Å². The largest absolute Gasteiger partial charge is 1.00 e. The molecule has 0 aliphatic carbocycles. The number of quaternary nitrogens is 1. The number of aliphatic hydroxyl groups is 3. The molecule has 0 unspecified atom stereocenters. The number of rotatable bonds is 3. The number of halogens is 2. The molecule has 0 radical (unpaired) electrons. The van der Waals surface area contributed by atoms with Gasteiger partial charge >= 0.3 is 23.1 Å². The van der Waals surface area contributed by atoms with Gasteiger partial charge in [0.15, 0.2) is 0 Å². The maximum atomic E-state index is 8.39. The van der Waals surface area contributed by atoms with E-state index in [2.05, 4.69) is 21.1 Å². The summed E-state index contributed by atoms with van der Waals surface area (Å²) < 4.78 is 0.844. The smallest absolute Gasteiger partial charge is 0.316 e. The summed E-state index contributed by atoms with van der Waals surface area (Å²) in [5.41, 5.74) is 0. The van der Waals surface area contributed by atoms with E-state index in [4.69, 9.17) is 15.3 Å². The molecule has 0 heterocycles. The summed E-state index contributed by atoms with van der Waals surface area (Å²) in [6.07, 6.45) is 0. The first-order valence-corrected chi connectivity index (χ1v) is 3.61. The first-order chi connectivity index (χ1) is 4.97.